The van der Waals surface area contributed by atoms with Crippen LogP contribution in [0.15, 0.2) is 170 Å². The zero-order valence-corrected chi connectivity index (χ0v) is 26.1. The van der Waals surface area contributed by atoms with Crippen LogP contribution in [0, 0.1) is 0 Å². The highest BCUT2D eigenvalue weighted by molar-refractivity contribution is 6.29. The van der Waals surface area contributed by atoms with Crippen molar-refractivity contribution in [1.29, 1.82) is 0 Å². The van der Waals surface area contributed by atoms with Crippen LogP contribution < -0.4 is 0 Å². The molecule has 2 aromatic heterocycles. The van der Waals surface area contributed by atoms with Gasteiger partial charge in [-0.3, -0.25) is 0 Å². The third kappa shape index (κ3) is 3.41. The van der Waals surface area contributed by atoms with Gasteiger partial charge in [0.15, 0.2) is 0 Å². The Morgan fingerprint density at radius 1 is 0.271 bits per heavy atom. The molecule has 0 radical (unpaired) electrons. The molecule has 0 saturated heterocycles. The third-order valence-electron chi connectivity index (χ3n) is 10.5. The molecule has 0 N–H and O–H groups in total. The molecule has 0 fully saturated rings. The third-order valence-corrected chi connectivity index (χ3v) is 10.5. The van der Waals surface area contributed by atoms with Gasteiger partial charge in [0.05, 0.1) is 22.1 Å². The van der Waals surface area contributed by atoms with E-state index in [1.807, 2.05) is 0 Å². The van der Waals surface area contributed by atoms with Crippen molar-refractivity contribution in [1.82, 2.24) is 9.13 Å². The van der Waals surface area contributed by atoms with Crippen LogP contribution in [0.3, 0.4) is 0 Å². The summed E-state index contributed by atoms with van der Waals surface area (Å²) in [4.78, 5) is 0. The molecule has 2 nitrogen and oxygen atoms in total. The van der Waals surface area contributed by atoms with E-state index in [1.165, 1.54) is 92.7 Å². The van der Waals surface area contributed by atoms with Crippen LogP contribution in [-0.2, 0) is 0 Å². The first-order valence-electron chi connectivity index (χ1n) is 16.6. The minimum Gasteiger partial charge on any atom is -0.309 e. The van der Waals surface area contributed by atoms with Gasteiger partial charge in [0, 0.05) is 32.9 Å². The molecular weight excluding hydrogens is 581 g/mol. The Kier molecular flexibility index (Phi) is 5.14. The van der Waals surface area contributed by atoms with Gasteiger partial charge in [-0.1, -0.05) is 121 Å². The molecule has 222 valence electrons. The molecule has 0 spiro atoms. The predicted octanol–water partition coefficient (Wildman–Crippen LogP) is 12.4. The van der Waals surface area contributed by atoms with Crippen LogP contribution in [0.4, 0.5) is 0 Å². The number of hydrogen-bond acceptors (Lipinski definition) is 0. The molecule has 2 heterocycles. The van der Waals surface area contributed by atoms with Crippen molar-refractivity contribution in [3.05, 3.63) is 170 Å². The number of hydrogen-bond donors (Lipinski definition) is 0. The standard InChI is InChI=1S/C46H28N2/c1-2-11-33(12-3-1)47-39-15-6-4-13-37(39)45-41(47)27-28-42-46(45)38-14-5-7-16-40(38)48(42)34-23-19-29(20-24-34)35-25-21-32-18-17-30-9-8-10-31-22-26-36(35)44(32)43(30)31/h1-28H. The van der Waals surface area contributed by atoms with Crippen LogP contribution in [0.25, 0.3) is 98.4 Å². The summed E-state index contributed by atoms with van der Waals surface area (Å²) in [6.45, 7) is 0. The lowest BCUT2D eigenvalue weighted by molar-refractivity contribution is 1.17. The minimum absolute atomic E-state index is 1.16. The Morgan fingerprint density at radius 2 is 0.792 bits per heavy atom. The maximum absolute atomic E-state index is 2.44. The van der Waals surface area contributed by atoms with Gasteiger partial charge in [0.2, 0.25) is 0 Å². The fourth-order valence-electron chi connectivity index (χ4n) is 8.43. The van der Waals surface area contributed by atoms with Gasteiger partial charge in [0.1, 0.15) is 0 Å². The average molecular weight is 609 g/mol. The smallest absolute Gasteiger partial charge is 0.0548 e. The molecule has 0 aliphatic rings. The maximum Gasteiger partial charge on any atom is 0.0548 e. The van der Waals surface area contributed by atoms with E-state index >= 15 is 0 Å². The number of benzene rings is 9. The second-order valence-corrected chi connectivity index (χ2v) is 12.9. The van der Waals surface area contributed by atoms with E-state index in [0.717, 1.165) is 5.69 Å². The predicted molar refractivity (Wildman–Crippen MR) is 204 cm³/mol. The fraction of sp³-hybridized carbons (Fsp3) is 0. The monoisotopic (exact) mass is 608 g/mol. The van der Waals surface area contributed by atoms with E-state index in [1.54, 1.807) is 0 Å². The van der Waals surface area contributed by atoms with Crippen molar-refractivity contribution in [2.75, 3.05) is 0 Å². The van der Waals surface area contributed by atoms with Gasteiger partial charge in [-0.25, -0.2) is 0 Å². The molecule has 9 aromatic carbocycles. The van der Waals surface area contributed by atoms with Crippen LogP contribution in [0.2, 0.25) is 0 Å². The first-order chi connectivity index (χ1) is 23.8. The number of rotatable bonds is 3. The Bertz CT molecular complexity index is 3020. The molecule has 11 rings (SSSR count). The lowest BCUT2D eigenvalue weighted by atomic mass is 9.90. The lowest BCUT2D eigenvalue weighted by Gasteiger charge is -2.15. The maximum atomic E-state index is 2.44. The molecule has 0 aliphatic carbocycles. The van der Waals surface area contributed by atoms with E-state index < -0.39 is 0 Å². The minimum atomic E-state index is 1.16. The van der Waals surface area contributed by atoms with E-state index in [2.05, 4.69) is 179 Å². The zero-order valence-electron chi connectivity index (χ0n) is 26.1. The number of aromatic nitrogens is 2. The Balaban J connectivity index is 1.14. The summed E-state index contributed by atoms with van der Waals surface area (Å²) in [7, 11) is 0. The van der Waals surface area contributed by atoms with Gasteiger partial charge >= 0.3 is 0 Å². The number of fused-ring (bicyclic) bond motifs is 7. The molecule has 0 saturated carbocycles. The van der Waals surface area contributed by atoms with Gasteiger partial charge < -0.3 is 9.13 Å². The van der Waals surface area contributed by atoms with Crippen LogP contribution in [0.5, 0.6) is 0 Å². The molecule has 0 atom stereocenters. The SMILES string of the molecule is c1ccc(-n2c3ccccc3c3c4c5ccccc5n(-c5ccc(-c6ccc7ccc8cccc9ccc6c7c89)cc5)c4ccc32)cc1. The second-order valence-electron chi connectivity index (χ2n) is 12.9. The van der Waals surface area contributed by atoms with Crippen molar-refractivity contribution >= 4 is 75.9 Å². The highest BCUT2D eigenvalue weighted by Gasteiger charge is 2.20. The second kappa shape index (κ2) is 9.57. The largest absolute Gasteiger partial charge is 0.309 e. The number of nitrogens with zero attached hydrogens (tertiary/aromatic N) is 2. The quantitative estimate of drug-likeness (QED) is 0.177. The van der Waals surface area contributed by atoms with Crippen molar-refractivity contribution in [2.45, 2.75) is 0 Å². The molecule has 0 amide bonds. The van der Waals surface area contributed by atoms with Crippen molar-refractivity contribution < 1.29 is 0 Å². The lowest BCUT2D eigenvalue weighted by Crippen LogP contribution is -1.95. The average Bonchev–Trinajstić information content (AvgIpc) is 3.67. The van der Waals surface area contributed by atoms with Crippen molar-refractivity contribution in [3.8, 4) is 22.5 Å². The molecular formula is C46H28N2. The van der Waals surface area contributed by atoms with Gasteiger partial charge in [-0.2, -0.15) is 0 Å². The zero-order chi connectivity index (χ0) is 31.3. The highest BCUT2D eigenvalue weighted by Crippen LogP contribution is 2.43. The summed E-state index contributed by atoms with van der Waals surface area (Å²) in [6.07, 6.45) is 0. The molecule has 48 heavy (non-hydrogen) atoms. The number of para-hydroxylation sites is 3. The molecule has 2 heteroatoms. The first kappa shape index (κ1) is 25.8. The Morgan fingerprint density at radius 3 is 1.44 bits per heavy atom. The van der Waals surface area contributed by atoms with Gasteiger partial charge in [-0.15, -0.1) is 0 Å². The Labute approximate surface area is 276 Å². The summed E-state index contributed by atoms with van der Waals surface area (Å²) >= 11 is 0. The fourth-order valence-corrected chi connectivity index (χ4v) is 8.43. The normalized spacial score (nSPS) is 12.2. The summed E-state index contributed by atoms with van der Waals surface area (Å²) in [5, 5.41) is 13.0. The van der Waals surface area contributed by atoms with Crippen LogP contribution in [-0.4, -0.2) is 9.13 Å². The van der Waals surface area contributed by atoms with Gasteiger partial charge in [0.25, 0.3) is 0 Å². The summed E-state index contributed by atoms with van der Waals surface area (Å²) < 4.78 is 4.84. The molecule has 0 unspecified atom stereocenters. The van der Waals surface area contributed by atoms with Crippen molar-refractivity contribution in [2.24, 2.45) is 0 Å². The summed E-state index contributed by atoms with van der Waals surface area (Å²) in [5.74, 6) is 0. The Hall–Kier alpha value is -6.38. The van der Waals surface area contributed by atoms with Crippen LogP contribution >= 0.6 is 0 Å². The summed E-state index contributed by atoms with van der Waals surface area (Å²) in [6, 6.07) is 62.4. The van der Waals surface area contributed by atoms with Gasteiger partial charge in [-0.05, 0) is 92.0 Å². The first-order valence-corrected chi connectivity index (χ1v) is 16.6. The van der Waals surface area contributed by atoms with Crippen molar-refractivity contribution in [3.63, 3.8) is 0 Å². The molecule has 11 aromatic rings. The van der Waals surface area contributed by atoms with E-state index in [-0.39, 0.29) is 0 Å². The van der Waals surface area contributed by atoms with E-state index in [9.17, 15) is 0 Å². The topological polar surface area (TPSA) is 9.86 Å². The van der Waals surface area contributed by atoms with Crippen LogP contribution in [0.1, 0.15) is 0 Å². The summed E-state index contributed by atoms with van der Waals surface area (Å²) in [5.41, 5.74) is 9.71. The molecule has 0 bridgehead atoms. The molecule has 0 aliphatic heterocycles. The van der Waals surface area contributed by atoms with E-state index in [4.69, 9.17) is 0 Å². The highest BCUT2D eigenvalue weighted by atomic mass is 15.0. The van der Waals surface area contributed by atoms with E-state index in [0.29, 0.717) is 0 Å².